The van der Waals surface area contributed by atoms with Gasteiger partial charge in [-0.2, -0.15) is 13.2 Å². The summed E-state index contributed by atoms with van der Waals surface area (Å²) in [5.41, 5.74) is 5.99. The largest absolute Gasteiger partial charge is 0.406 e. The Bertz CT molecular complexity index is 428. The minimum absolute atomic E-state index is 0.0231. The van der Waals surface area contributed by atoms with Gasteiger partial charge in [0.05, 0.1) is 0 Å². The first-order valence-corrected chi connectivity index (χ1v) is 5.94. The summed E-state index contributed by atoms with van der Waals surface area (Å²) in [7, 11) is 0. The van der Waals surface area contributed by atoms with Gasteiger partial charge in [0.1, 0.15) is 6.54 Å². The van der Waals surface area contributed by atoms with E-state index in [4.69, 9.17) is 5.73 Å². The van der Waals surface area contributed by atoms with Gasteiger partial charge in [-0.3, -0.25) is 4.79 Å². The molecule has 100 valence electrons. The van der Waals surface area contributed by atoms with Gasteiger partial charge >= 0.3 is 6.18 Å². The number of halogens is 4. The summed E-state index contributed by atoms with van der Waals surface area (Å²) in [5.74, 6) is -0.692. The molecule has 2 N–H and O–H groups in total. The number of hydrogen-bond donors (Lipinski definition) is 1. The molecule has 7 heteroatoms. The van der Waals surface area contributed by atoms with Crippen molar-refractivity contribution in [1.29, 1.82) is 0 Å². The average Bonchev–Trinajstić information content (AvgIpc) is 2.22. The van der Waals surface area contributed by atoms with Gasteiger partial charge in [0.2, 0.25) is 0 Å². The lowest BCUT2D eigenvalue weighted by Gasteiger charge is -2.22. The van der Waals surface area contributed by atoms with Gasteiger partial charge < -0.3 is 10.6 Å². The predicted octanol–water partition coefficient (Wildman–Crippen LogP) is 3.06. The van der Waals surface area contributed by atoms with E-state index in [0.717, 1.165) is 4.90 Å². The molecule has 0 heterocycles. The number of carbonyl (C=O) groups excluding carboxylic acids is 1. The molecule has 0 fully saturated rings. The molecule has 0 saturated carbocycles. The molecule has 0 bridgehead atoms. The highest BCUT2D eigenvalue weighted by Crippen LogP contribution is 2.21. The van der Waals surface area contributed by atoms with E-state index in [1.807, 2.05) is 0 Å². The molecule has 0 aliphatic rings. The molecular formula is C11H12BrF3N2O. The number of nitrogens with zero attached hydrogens (tertiary/aromatic N) is 1. The number of hydrogen-bond acceptors (Lipinski definition) is 2. The van der Waals surface area contributed by atoms with Crippen molar-refractivity contribution in [3.8, 4) is 0 Å². The summed E-state index contributed by atoms with van der Waals surface area (Å²) >= 11 is 3.14. The van der Waals surface area contributed by atoms with Crippen molar-refractivity contribution >= 4 is 27.5 Å². The maximum Gasteiger partial charge on any atom is 0.406 e. The van der Waals surface area contributed by atoms with Gasteiger partial charge in [-0.25, -0.2) is 0 Å². The second-order valence-electron chi connectivity index (χ2n) is 3.71. The number of carbonyl (C=O) groups is 1. The van der Waals surface area contributed by atoms with Crippen LogP contribution in [-0.4, -0.2) is 30.1 Å². The van der Waals surface area contributed by atoms with Crippen LogP contribution in [0.4, 0.5) is 18.9 Å². The molecule has 0 spiro atoms. The standard InChI is InChI=1S/C11H12BrF3N2O/c1-2-17(6-11(13,14)15)10(18)7-3-8(12)5-9(16)4-7/h3-5H,2,6,16H2,1H3. The third kappa shape index (κ3) is 4.21. The minimum Gasteiger partial charge on any atom is -0.399 e. The molecule has 0 radical (unpaired) electrons. The zero-order valence-corrected chi connectivity index (χ0v) is 11.2. The predicted molar refractivity (Wildman–Crippen MR) is 66.2 cm³/mol. The van der Waals surface area contributed by atoms with E-state index >= 15 is 0 Å². The Labute approximate surface area is 111 Å². The summed E-state index contributed by atoms with van der Waals surface area (Å²) in [6.07, 6.45) is -4.41. The Morgan fingerprint density at radius 2 is 2.00 bits per heavy atom. The SMILES string of the molecule is CCN(CC(F)(F)F)C(=O)c1cc(N)cc(Br)c1. The molecule has 1 aromatic carbocycles. The van der Waals surface area contributed by atoms with Gasteiger partial charge in [-0.15, -0.1) is 0 Å². The number of alkyl halides is 3. The summed E-state index contributed by atoms with van der Waals surface area (Å²) in [6, 6.07) is 4.36. The van der Waals surface area contributed by atoms with E-state index < -0.39 is 18.6 Å². The fraction of sp³-hybridized carbons (Fsp3) is 0.364. The van der Waals surface area contributed by atoms with E-state index in [9.17, 15) is 18.0 Å². The van der Waals surface area contributed by atoms with Crippen molar-refractivity contribution in [1.82, 2.24) is 4.90 Å². The zero-order chi connectivity index (χ0) is 13.9. The number of nitrogens with two attached hydrogens (primary N) is 1. The number of benzene rings is 1. The van der Waals surface area contributed by atoms with E-state index in [0.29, 0.717) is 10.2 Å². The van der Waals surface area contributed by atoms with Crippen LogP contribution in [0.15, 0.2) is 22.7 Å². The van der Waals surface area contributed by atoms with Crippen molar-refractivity contribution in [2.75, 3.05) is 18.8 Å². The summed E-state index contributed by atoms with van der Waals surface area (Å²) in [5, 5.41) is 0. The molecule has 1 amide bonds. The molecule has 0 unspecified atom stereocenters. The Morgan fingerprint density at radius 1 is 1.39 bits per heavy atom. The van der Waals surface area contributed by atoms with E-state index in [1.54, 1.807) is 6.07 Å². The second kappa shape index (κ2) is 5.60. The second-order valence-corrected chi connectivity index (χ2v) is 4.62. The number of rotatable bonds is 3. The molecule has 0 aliphatic carbocycles. The highest BCUT2D eigenvalue weighted by molar-refractivity contribution is 9.10. The molecule has 0 aliphatic heterocycles. The van der Waals surface area contributed by atoms with Gasteiger partial charge in [0, 0.05) is 22.3 Å². The minimum atomic E-state index is -4.41. The van der Waals surface area contributed by atoms with Crippen LogP contribution >= 0.6 is 15.9 Å². The molecule has 0 aromatic heterocycles. The average molecular weight is 325 g/mol. The lowest BCUT2D eigenvalue weighted by molar-refractivity contribution is -0.140. The summed E-state index contributed by atoms with van der Waals surface area (Å²) < 4.78 is 37.4. The first-order valence-electron chi connectivity index (χ1n) is 5.15. The van der Waals surface area contributed by atoms with Crippen LogP contribution < -0.4 is 5.73 Å². The molecule has 0 atom stereocenters. The smallest absolute Gasteiger partial charge is 0.399 e. The first-order chi connectivity index (χ1) is 8.23. The van der Waals surface area contributed by atoms with Crippen molar-refractivity contribution in [2.24, 2.45) is 0 Å². The first kappa shape index (κ1) is 14.8. The van der Waals surface area contributed by atoms with Crippen LogP contribution in [-0.2, 0) is 0 Å². The highest BCUT2D eigenvalue weighted by atomic mass is 79.9. The Hall–Kier alpha value is -1.24. The van der Waals surface area contributed by atoms with E-state index in [-0.39, 0.29) is 12.1 Å². The Kier molecular flexibility index (Phi) is 4.61. The molecule has 0 saturated heterocycles. The van der Waals surface area contributed by atoms with Crippen molar-refractivity contribution in [3.63, 3.8) is 0 Å². The fourth-order valence-electron chi connectivity index (χ4n) is 1.46. The topological polar surface area (TPSA) is 46.3 Å². The van der Waals surface area contributed by atoms with Crippen LogP contribution in [0.3, 0.4) is 0 Å². The summed E-state index contributed by atoms with van der Waals surface area (Å²) in [6.45, 7) is 0.199. The molecule has 1 aromatic rings. The third-order valence-corrected chi connectivity index (χ3v) is 2.66. The van der Waals surface area contributed by atoms with Crippen LogP contribution in [0.25, 0.3) is 0 Å². The monoisotopic (exact) mass is 324 g/mol. The van der Waals surface area contributed by atoms with Crippen molar-refractivity contribution in [3.05, 3.63) is 28.2 Å². The summed E-state index contributed by atoms with van der Waals surface area (Å²) in [4.78, 5) is 12.6. The van der Waals surface area contributed by atoms with Gasteiger partial charge in [-0.05, 0) is 25.1 Å². The Morgan fingerprint density at radius 3 is 2.44 bits per heavy atom. The fourth-order valence-corrected chi connectivity index (χ4v) is 1.97. The number of nitrogen functional groups attached to an aromatic ring is 1. The highest BCUT2D eigenvalue weighted by Gasteiger charge is 2.32. The Balaban J connectivity index is 2.96. The molecular weight excluding hydrogens is 313 g/mol. The van der Waals surface area contributed by atoms with Gasteiger partial charge in [0.15, 0.2) is 0 Å². The molecule has 3 nitrogen and oxygen atoms in total. The van der Waals surface area contributed by atoms with Crippen LogP contribution in [0.2, 0.25) is 0 Å². The molecule has 18 heavy (non-hydrogen) atoms. The zero-order valence-electron chi connectivity index (χ0n) is 9.59. The lowest BCUT2D eigenvalue weighted by Crippen LogP contribution is -2.38. The lowest BCUT2D eigenvalue weighted by atomic mass is 10.1. The van der Waals surface area contributed by atoms with Crippen molar-refractivity contribution < 1.29 is 18.0 Å². The van der Waals surface area contributed by atoms with Crippen LogP contribution in [0.5, 0.6) is 0 Å². The quantitative estimate of drug-likeness (QED) is 0.868. The maximum absolute atomic E-state index is 12.3. The van der Waals surface area contributed by atoms with Gasteiger partial charge in [-0.1, -0.05) is 15.9 Å². The van der Waals surface area contributed by atoms with Crippen molar-refractivity contribution in [2.45, 2.75) is 13.1 Å². The maximum atomic E-state index is 12.3. The normalized spacial score (nSPS) is 11.4. The van der Waals surface area contributed by atoms with Gasteiger partial charge in [0.25, 0.3) is 5.91 Å². The number of anilines is 1. The van der Waals surface area contributed by atoms with E-state index in [2.05, 4.69) is 15.9 Å². The van der Waals surface area contributed by atoms with Crippen LogP contribution in [0.1, 0.15) is 17.3 Å². The van der Waals surface area contributed by atoms with E-state index in [1.165, 1.54) is 19.1 Å². The van der Waals surface area contributed by atoms with Crippen LogP contribution in [0, 0.1) is 0 Å². The number of amides is 1. The molecule has 1 rings (SSSR count). The third-order valence-electron chi connectivity index (χ3n) is 2.21.